The van der Waals surface area contributed by atoms with Crippen LogP contribution in [0.3, 0.4) is 0 Å². The number of nitrogens with zero attached hydrogens (tertiary/aromatic N) is 1. The molecular formula is C16H15NO5. The zero-order valence-electron chi connectivity index (χ0n) is 12.0. The van der Waals surface area contributed by atoms with Gasteiger partial charge in [0.25, 0.3) is 0 Å². The molecule has 6 heteroatoms. The molecule has 0 aliphatic rings. The largest absolute Gasteiger partial charge is 0.488 e. The van der Waals surface area contributed by atoms with Crippen LogP contribution < -0.4 is 4.74 Å². The fourth-order valence-corrected chi connectivity index (χ4v) is 1.88. The van der Waals surface area contributed by atoms with Gasteiger partial charge in [0, 0.05) is 18.0 Å². The summed E-state index contributed by atoms with van der Waals surface area (Å²) < 4.78 is 10.2. The van der Waals surface area contributed by atoms with Crippen LogP contribution >= 0.6 is 0 Å². The van der Waals surface area contributed by atoms with E-state index < -0.39 is 5.97 Å². The lowest BCUT2D eigenvalue weighted by atomic mass is 10.1. The third-order valence-electron chi connectivity index (χ3n) is 2.99. The molecular weight excluding hydrogens is 286 g/mol. The summed E-state index contributed by atoms with van der Waals surface area (Å²) in [7, 11) is 1.30. The predicted molar refractivity (Wildman–Crippen MR) is 77.7 cm³/mol. The summed E-state index contributed by atoms with van der Waals surface area (Å²) >= 11 is 0. The third kappa shape index (κ3) is 3.67. The van der Waals surface area contributed by atoms with Gasteiger partial charge in [0.2, 0.25) is 0 Å². The van der Waals surface area contributed by atoms with Crippen molar-refractivity contribution in [2.75, 3.05) is 7.11 Å². The zero-order valence-corrected chi connectivity index (χ0v) is 12.0. The average molecular weight is 301 g/mol. The van der Waals surface area contributed by atoms with E-state index in [0.717, 1.165) is 0 Å². The van der Waals surface area contributed by atoms with Crippen molar-refractivity contribution in [3.63, 3.8) is 0 Å². The zero-order chi connectivity index (χ0) is 15.9. The molecule has 0 amide bonds. The molecule has 0 fully saturated rings. The van der Waals surface area contributed by atoms with Crippen LogP contribution in [0.15, 0.2) is 36.7 Å². The van der Waals surface area contributed by atoms with E-state index in [1.165, 1.54) is 13.3 Å². The predicted octanol–water partition coefficient (Wildman–Crippen LogP) is 1.75. The molecule has 0 saturated heterocycles. The van der Waals surface area contributed by atoms with Gasteiger partial charge in [0.05, 0.1) is 24.8 Å². The molecule has 0 spiro atoms. The van der Waals surface area contributed by atoms with Crippen LogP contribution in [-0.2, 0) is 18.0 Å². The number of aliphatic hydroxyl groups excluding tert-OH is 1. The van der Waals surface area contributed by atoms with E-state index in [2.05, 4.69) is 9.72 Å². The summed E-state index contributed by atoms with van der Waals surface area (Å²) in [5.41, 5.74) is 1.98. The smallest absolute Gasteiger partial charge is 0.339 e. The number of aliphatic hydroxyl groups is 1. The Balaban J connectivity index is 2.13. The Bertz CT molecular complexity index is 684. The number of benzene rings is 1. The first-order valence-corrected chi connectivity index (χ1v) is 6.52. The molecule has 0 atom stereocenters. The maximum atomic E-state index is 11.4. The summed E-state index contributed by atoms with van der Waals surface area (Å²) in [5, 5.41) is 9.05. The number of carbonyl (C=O) groups excluding carboxylic acids is 2. The van der Waals surface area contributed by atoms with Crippen LogP contribution in [0.4, 0.5) is 0 Å². The molecule has 0 radical (unpaired) electrons. The van der Waals surface area contributed by atoms with Crippen LogP contribution in [0.5, 0.6) is 5.75 Å². The summed E-state index contributed by atoms with van der Waals surface area (Å²) in [6.45, 7) is 0.00333. The lowest BCUT2D eigenvalue weighted by Crippen LogP contribution is -2.05. The van der Waals surface area contributed by atoms with E-state index in [1.807, 2.05) is 0 Å². The van der Waals surface area contributed by atoms with Crippen LogP contribution in [0.25, 0.3) is 0 Å². The molecule has 0 saturated carbocycles. The van der Waals surface area contributed by atoms with Crippen molar-refractivity contribution in [3.05, 3.63) is 58.9 Å². The highest BCUT2D eigenvalue weighted by atomic mass is 16.5. The van der Waals surface area contributed by atoms with Gasteiger partial charge in [-0.05, 0) is 23.8 Å². The number of aromatic nitrogens is 1. The van der Waals surface area contributed by atoms with Crippen molar-refractivity contribution in [3.8, 4) is 5.75 Å². The van der Waals surface area contributed by atoms with E-state index in [0.29, 0.717) is 34.3 Å². The number of hydrogen-bond acceptors (Lipinski definition) is 6. The number of aldehydes is 1. The number of rotatable bonds is 6. The Kier molecular flexibility index (Phi) is 5.21. The number of esters is 1. The Morgan fingerprint density at radius 3 is 2.77 bits per heavy atom. The standard InChI is InChI=1S/C16H15NO5/c1-21-16(20)13-5-12(6-17-7-13)10-22-15-3-2-11(8-18)4-14(15)9-19/h2-7,9,18H,8,10H2,1H3. The van der Waals surface area contributed by atoms with Gasteiger partial charge in [-0.25, -0.2) is 4.79 Å². The van der Waals surface area contributed by atoms with E-state index in [-0.39, 0.29) is 13.2 Å². The van der Waals surface area contributed by atoms with Crippen LogP contribution in [0.2, 0.25) is 0 Å². The van der Waals surface area contributed by atoms with Gasteiger partial charge in [-0.1, -0.05) is 6.07 Å². The van der Waals surface area contributed by atoms with E-state index in [9.17, 15) is 9.59 Å². The van der Waals surface area contributed by atoms with Crippen molar-refractivity contribution in [1.29, 1.82) is 0 Å². The number of methoxy groups -OCH3 is 1. The highest BCUT2D eigenvalue weighted by Gasteiger charge is 2.08. The highest BCUT2D eigenvalue weighted by Crippen LogP contribution is 2.20. The molecule has 1 aromatic carbocycles. The van der Waals surface area contributed by atoms with Crippen molar-refractivity contribution < 1.29 is 24.2 Å². The maximum absolute atomic E-state index is 11.4. The second kappa shape index (κ2) is 7.33. The lowest BCUT2D eigenvalue weighted by Gasteiger charge is -2.10. The van der Waals surface area contributed by atoms with Crippen molar-refractivity contribution in [2.24, 2.45) is 0 Å². The van der Waals surface area contributed by atoms with Gasteiger partial charge in [-0.3, -0.25) is 9.78 Å². The minimum atomic E-state index is -0.477. The molecule has 22 heavy (non-hydrogen) atoms. The van der Waals surface area contributed by atoms with Crippen LogP contribution in [0.1, 0.15) is 31.8 Å². The highest BCUT2D eigenvalue weighted by molar-refractivity contribution is 5.89. The second-order valence-electron chi connectivity index (χ2n) is 4.51. The third-order valence-corrected chi connectivity index (χ3v) is 2.99. The Labute approximate surface area is 127 Å². The second-order valence-corrected chi connectivity index (χ2v) is 4.51. The summed E-state index contributed by atoms with van der Waals surface area (Å²) in [6.07, 6.45) is 3.63. The molecule has 6 nitrogen and oxygen atoms in total. The molecule has 2 aromatic rings. The molecule has 0 aliphatic heterocycles. The number of ether oxygens (including phenoxy) is 2. The van der Waals surface area contributed by atoms with E-state index >= 15 is 0 Å². The summed E-state index contributed by atoms with van der Waals surface area (Å²) in [6, 6.07) is 6.46. The Morgan fingerprint density at radius 2 is 2.09 bits per heavy atom. The molecule has 1 N–H and O–H groups in total. The first-order valence-electron chi connectivity index (χ1n) is 6.52. The van der Waals surface area contributed by atoms with Gasteiger partial charge < -0.3 is 14.6 Å². The number of hydrogen-bond donors (Lipinski definition) is 1. The topological polar surface area (TPSA) is 85.7 Å². The van der Waals surface area contributed by atoms with Gasteiger partial charge in [0.15, 0.2) is 6.29 Å². The van der Waals surface area contributed by atoms with Gasteiger partial charge in [0.1, 0.15) is 12.4 Å². The van der Waals surface area contributed by atoms with Gasteiger partial charge in [-0.15, -0.1) is 0 Å². The average Bonchev–Trinajstić information content (AvgIpc) is 2.59. The molecule has 0 aliphatic carbocycles. The Hall–Kier alpha value is -2.73. The molecule has 1 heterocycles. The van der Waals surface area contributed by atoms with Crippen molar-refractivity contribution in [1.82, 2.24) is 4.98 Å². The fourth-order valence-electron chi connectivity index (χ4n) is 1.88. The van der Waals surface area contributed by atoms with Gasteiger partial charge in [-0.2, -0.15) is 0 Å². The molecule has 0 bridgehead atoms. The van der Waals surface area contributed by atoms with E-state index in [1.54, 1.807) is 30.5 Å². The van der Waals surface area contributed by atoms with Crippen molar-refractivity contribution >= 4 is 12.3 Å². The summed E-state index contributed by atoms with van der Waals surface area (Å²) in [5.74, 6) is -0.0779. The lowest BCUT2D eigenvalue weighted by molar-refractivity contribution is 0.0600. The summed E-state index contributed by atoms with van der Waals surface area (Å²) in [4.78, 5) is 26.4. The molecule has 2 rings (SSSR count). The maximum Gasteiger partial charge on any atom is 0.339 e. The van der Waals surface area contributed by atoms with Crippen LogP contribution in [0, 0.1) is 0 Å². The monoisotopic (exact) mass is 301 g/mol. The minimum absolute atomic E-state index is 0.147. The molecule has 1 aromatic heterocycles. The normalized spacial score (nSPS) is 10.1. The number of carbonyl (C=O) groups is 2. The van der Waals surface area contributed by atoms with E-state index in [4.69, 9.17) is 9.84 Å². The molecule has 0 unspecified atom stereocenters. The first kappa shape index (κ1) is 15.7. The van der Waals surface area contributed by atoms with Gasteiger partial charge >= 0.3 is 5.97 Å². The minimum Gasteiger partial charge on any atom is -0.488 e. The Morgan fingerprint density at radius 1 is 1.27 bits per heavy atom. The van der Waals surface area contributed by atoms with Crippen molar-refractivity contribution in [2.45, 2.75) is 13.2 Å². The first-order chi connectivity index (χ1) is 10.7. The quantitative estimate of drug-likeness (QED) is 0.646. The SMILES string of the molecule is COC(=O)c1cncc(COc2ccc(CO)cc2C=O)c1. The fraction of sp³-hybridized carbons (Fsp3) is 0.188. The van der Waals surface area contributed by atoms with Crippen LogP contribution in [-0.4, -0.2) is 29.5 Å². The number of pyridine rings is 1. The molecule has 114 valence electrons.